The molecule has 0 atom stereocenters. The van der Waals surface area contributed by atoms with Gasteiger partial charge < -0.3 is 24.8 Å². The number of imidazole rings is 1. The maximum absolute atomic E-state index is 6.24. The van der Waals surface area contributed by atoms with Gasteiger partial charge in [0.1, 0.15) is 23.1 Å². The number of hydrogen-bond donors (Lipinski definition) is 3. The van der Waals surface area contributed by atoms with Crippen LogP contribution in [0.4, 0.5) is 5.82 Å². The highest BCUT2D eigenvalue weighted by Crippen LogP contribution is 2.33. The Balaban J connectivity index is 1.22. The average molecular weight is 510 g/mol. The van der Waals surface area contributed by atoms with Crippen LogP contribution in [0.15, 0.2) is 48.9 Å². The second-order valence-corrected chi connectivity index (χ2v) is 10.2. The molecule has 38 heavy (non-hydrogen) atoms. The Morgan fingerprint density at radius 2 is 1.82 bits per heavy atom. The Kier molecular flexibility index (Phi) is 5.90. The summed E-state index contributed by atoms with van der Waals surface area (Å²) >= 11 is 0. The van der Waals surface area contributed by atoms with Crippen LogP contribution in [-0.2, 0) is 0 Å². The van der Waals surface area contributed by atoms with E-state index in [-0.39, 0.29) is 6.10 Å². The Morgan fingerprint density at radius 1 is 0.947 bits per heavy atom. The van der Waals surface area contributed by atoms with Crippen LogP contribution < -0.4 is 15.0 Å². The van der Waals surface area contributed by atoms with E-state index in [1.165, 1.54) is 0 Å². The number of piperidine rings is 1. The van der Waals surface area contributed by atoms with Crippen LogP contribution in [0.25, 0.3) is 44.6 Å². The van der Waals surface area contributed by atoms with E-state index in [9.17, 15) is 0 Å². The number of aromatic nitrogens is 6. The van der Waals surface area contributed by atoms with Gasteiger partial charge in [0.15, 0.2) is 11.6 Å². The fourth-order valence-corrected chi connectivity index (χ4v) is 5.40. The molecule has 10 heteroatoms. The highest BCUT2D eigenvalue weighted by molar-refractivity contribution is 5.97. The number of benzene rings is 1. The van der Waals surface area contributed by atoms with E-state index in [1.807, 2.05) is 18.5 Å². The molecule has 7 rings (SSSR count). The molecule has 0 spiro atoms. The van der Waals surface area contributed by atoms with Crippen molar-refractivity contribution in [1.29, 1.82) is 0 Å². The van der Waals surface area contributed by atoms with Crippen molar-refractivity contribution >= 4 is 27.8 Å². The van der Waals surface area contributed by atoms with Gasteiger partial charge in [-0.15, -0.1) is 0 Å². The Morgan fingerprint density at radius 3 is 2.68 bits per heavy atom. The molecule has 0 bridgehead atoms. The van der Waals surface area contributed by atoms with E-state index in [0.717, 1.165) is 108 Å². The Labute approximate surface area is 220 Å². The number of fused-ring (bicyclic) bond motifs is 2. The highest BCUT2D eigenvalue weighted by Gasteiger charge is 2.21. The third-order valence-corrected chi connectivity index (χ3v) is 7.61. The number of nitrogens with zero attached hydrogens (tertiary/aromatic N) is 6. The van der Waals surface area contributed by atoms with Gasteiger partial charge in [0.2, 0.25) is 0 Å². The van der Waals surface area contributed by atoms with E-state index < -0.39 is 0 Å². The Hall–Kier alpha value is -4.02. The van der Waals surface area contributed by atoms with Gasteiger partial charge >= 0.3 is 0 Å². The largest absolute Gasteiger partial charge is 0.489 e. The molecule has 3 N–H and O–H groups in total. The van der Waals surface area contributed by atoms with Gasteiger partial charge in [-0.2, -0.15) is 5.10 Å². The molecule has 0 amide bonds. The smallest absolute Gasteiger partial charge is 0.159 e. The monoisotopic (exact) mass is 509 g/mol. The summed E-state index contributed by atoms with van der Waals surface area (Å²) in [6, 6.07) is 10.3. The van der Waals surface area contributed by atoms with Crippen LogP contribution in [0.1, 0.15) is 12.8 Å². The lowest BCUT2D eigenvalue weighted by atomic mass is 10.0. The molecule has 4 aromatic heterocycles. The summed E-state index contributed by atoms with van der Waals surface area (Å²) in [4.78, 5) is 22.3. The number of hydrogen-bond acceptors (Lipinski definition) is 8. The minimum absolute atomic E-state index is 0.231. The van der Waals surface area contributed by atoms with Crippen molar-refractivity contribution in [2.75, 3.05) is 51.2 Å². The predicted octanol–water partition coefficient (Wildman–Crippen LogP) is 3.45. The quantitative estimate of drug-likeness (QED) is 0.330. The summed E-state index contributed by atoms with van der Waals surface area (Å²) in [6.07, 6.45) is 7.79. The molecule has 194 valence electrons. The topological polar surface area (TPSA) is 111 Å². The maximum Gasteiger partial charge on any atom is 0.159 e. The van der Waals surface area contributed by atoms with Gasteiger partial charge in [-0.05, 0) is 62.8 Å². The number of ether oxygens (including phenoxy) is 1. The number of piperazine rings is 1. The van der Waals surface area contributed by atoms with E-state index in [1.54, 1.807) is 6.20 Å². The van der Waals surface area contributed by atoms with Crippen LogP contribution in [0, 0.1) is 0 Å². The molecule has 0 radical (unpaired) electrons. The van der Waals surface area contributed by atoms with Crippen LogP contribution in [0.2, 0.25) is 0 Å². The van der Waals surface area contributed by atoms with Gasteiger partial charge in [-0.25, -0.2) is 9.97 Å². The fraction of sp³-hybridized carbons (Fsp3) is 0.357. The lowest BCUT2D eigenvalue weighted by molar-refractivity contribution is 0.162. The Bertz CT molecular complexity index is 1580. The summed E-state index contributed by atoms with van der Waals surface area (Å²) in [5.74, 6) is 2.46. The molecule has 2 fully saturated rings. The molecule has 0 saturated carbocycles. The minimum atomic E-state index is 0.231. The normalized spacial score (nSPS) is 17.4. The molecular weight excluding hydrogens is 478 g/mol. The van der Waals surface area contributed by atoms with Crippen LogP contribution in [-0.4, -0.2) is 87.5 Å². The highest BCUT2D eigenvalue weighted by atomic mass is 16.5. The van der Waals surface area contributed by atoms with E-state index in [4.69, 9.17) is 14.7 Å². The second kappa shape index (κ2) is 9.70. The summed E-state index contributed by atoms with van der Waals surface area (Å²) in [5.41, 5.74) is 5.65. The summed E-state index contributed by atoms with van der Waals surface area (Å²) in [5, 5.41) is 12.2. The number of aromatic amines is 2. The average Bonchev–Trinajstić information content (AvgIpc) is 3.58. The molecule has 5 aromatic rings. The maximum atomic E-state index is 6.24. The number of nitrogens with one attached hydrogen (secondary N) is 3. The SMILES string of the molecule is CN1CCN(c2nccc3[nH]c(-c4n[nH]c5ccc(-c6cncc(OC7CCNCC7)c6)cc45)nc23)CC1. The summed E-state index contributed by atoms with van der Waals surface area (Å²) in [6.45, 7) is 5.89. The van der Waals surface area contributed by atoms with Crippen molar-refractivity contribution in [3.8, 4) is 28.4 Å². The number of likely N-dealkylation sites (N-methyl/N-ethyl adjacent to an activating group) is 1. The lowest BCUT2D eigenvalue weighted by Crippen LogP contribution is -2.44. The van der Waals surface area contributed by atoms with Gasteiger partial charge in [-0.3, -0.25) is 10.1 Å². The fourth-order valence-electron chi connectivity index (χ4n) is 5.40. The first-order valence-electron chi connectivity index (χ1n) is 13.3. The molecule has 1 aromatic carbocycles. The summed E-state index contributed by atoms with van der Waals surface area (Å²) < 4.78 is 6.24. The van der Waals surface area contributed by atoms with E-state index in [0.29, 0.717) is 0 Å². The van der Waals surface area contributed by atoms with Crippen molar-refractivity contribution in [2.45, 2.75) is 18.9 Å². The molecule has 2 aliphatic heterocycles. The summed E-state index contributed by atoms with van der Waals surface area (Å²) in [7, 11) is 2.16. The van der Waals surface area contributed by atoms with Crippen LogP contribution in [0.3, 0.4) is 0 Å². The van der Waals surface area contributed by atoms with Gasteiger partial charge in [0.05, 0.1) is 17.2 Å². The first kappa shape index (κ1) is 23.1. The third-order valence-electron chi connectivity index (χ3n) is 7.61. The molecule has 0 aliphatic carbocycles. The van der Waals surface area contributed by atoms with E-state index >= 15 is 0 Å². The van der Waals surface area contributed by atoms with Crippen LogP contribution >= 0.6 is 0 Å². The minimum Gasteiger partial charge on any atom is -0.489 e. The van der Waals surface area contributed by atoms with E-state index in [2.05, 4.69) is 66.6 Å². The third kappa shape index (κ3) is 4.35. The lowest BCUT2D eigenvalue weighted by Gasteiger charge is -2.33. The van der Waals surface area contributed by atoms with Gasteiger partial charge in [0.25, 0.3) is 0 Å². The standard InChI is InChI=1S/C28H31N9O/c1-36-10-12-37(13-11-36)28-26-24(6-9-31-28)32-27(33-26)25-22-15-18(2-3-23(22)34-35-25)19-14-21(17-30-16-19)38-20-4-7-29-8-5-20/h2-3,6,9,14-17,20,29H,4-5,7-8,10-13H2,1H3,(H,32,33)(H,34,35). The number of anilines is 1. The first-order chi connectivity index (χ1) is 18.7. The van der Waals surface area contributed by atoms with Crippen molar-refractivity contribution in [3.63, 3.8) is 0 Å². The van der Waals surface area contributed by atoms with Gasteiger partial charge in [-0.1, -0.05) is 6.07 Å². The van der Waals surface area contributed by atoms with Crippen molar-refractivity contribution in [1.82, 2.24) is 40.3 Å². The van der Waals surface area contributed by atoms with Crippen molar-refractivity contribution < 1.29 is 4.74 Å². The first-order valence-corrected chi connectivity index (χ1v) is 13.3. The molecule has 2 saturated heterocycles. The number of H-pyrrole nitrogens is 2. The predicted molar refractivity (Wildman–Crippen MR) is 148 cm³/mol. The number of pyridine rings is 2. The molecule has 6 heterocycles. The van der Waals surface area contributed by atoms with Gasteiger partial charge in [0, 0.05) is 49.5 Å². The van der Waals surface area contributed by atoms with Crippen molar-refractivity contribution in [3.05, 3.63) is 48.9 Å². The molecule has 0 unspecified atom stereocenters. The molecular formula is C28H31N9O. The zero-order valence-electron chi connectivity index (χ0n) is 21.4. The zero-order chi connectivity index (χ0) is 25.5. The van der Waals surface area contributed by atoms with Crippen LogP contribution in [0.5, 0.6) is 5.75 Å². The van der Waals surface area contributed by atoms with Crippen molar-refractivity contribution in [2.24, 2.45) is 0 Å². The molecule has 2 aliphatic rings. The number of rotatable bonds is 5. The molecule has 10 nitrogen and oxygen atoms in total. The zero-order valence-corrected chi connectivity index (χ0v) is 21.4. The second-order valence-electron chi connectivity index (χ2n) is 10.2.